The maximum atomic E-state index is 13.6. The molecular weight excluding hydrogens is 495 g/mol. The number of carbonyl (C=O) groups is 2. The van der Waals surface area contributed by atoms with Crippen molar-refractivity contribution < 1.29 is 14.3 Å². The predicted molar refractivity (Wildman–Crippen MR) is 145 cm³/mol. The van der Waals surface area contributed by atoms with Gasteiger partial charge in [0.1, 0.15) is 11.8 Å². The van der Waals surface area contributed by atoms with E-state index in [1.54, 1.807) is 23.1 Å². The quantitative estimate of drug-likeness (QED) is 0.265. The van der Waals surface area contributed by atoms with E-state index in [9.17, 15) is 9.59 Å². The Morgan fingerprint density at radius 1 is 0.917 bits per heavy atom. The predicted octanol–water partition coefficient (Wildman–Crippen LogP) is 6.32. The van der Waals surface area contributed by atoms with Gasteiger partial charge in [-0.3, -0.25) is 9.59 Å². The van der Waals surface area contributed by atoms with Gasteiger partial charge in [-0.15, -0.1) is 0 Å². The van der Waals surface area contributed by atoms with Crippen molar-refractivity contribution in [3.05, 3.63) is 100 Å². The van der Waals surface area contributed by atoms with Gasteiger partial charge < -0.3 is 15.0 Å². The van der Waals surface area contributed by atoms with Crippen LogP contribution in [0.4, 0.5) is 0 Å². The number of para-hydroxylation sites is 1. The molecule has 0 aliphatic carbocycles. The number of halogens is 2. The SMILES string of the molecule is CCCNC(=O)[C@H](Cc1ccccc1)N(Cc1c(Cl)cccc1Cl)C(=O)CCCOc1ccccc1. The zero-order chi connectivity index (χ0) is 25.8. The average Bonchev–Trinajstić information content (AvgIpc) is 2.89. The number of hydrogen-bond acceptors (Lipinski definition) is 3. The number of nitrogens with one attached hydrogen (secondary N) is 1. The standard InChI is InChI=1S/C29H32Cl2N2O3/c1-2-18-32-29(35)27(20-22-11-5-3-6-12-22)33(21-24-25(30)15-9-16-26(24)31)28(34)17-10-19-36-23-13-7-4-8-14-23/h3-9,11-16,27H,2,10,17-21H2,1H3,(H,32,35)/t27-/m0/s1. The fraction of sp³-hybridized carbons (Fsp3) is 0.310. The Kier molecular flexibility index (Phi) is 11.1. The Hall–Kier alpha value is -3.02. The molecule has 0 fully saturated rings. The first-order valence-electron chi connectivity index (χ1n) is 12.2. The summed E-state index contributed by atoms with van der Waals surface area (Å²) in [6.45, 7) is 3.05. The number of benzene rings is 3. The zero-order valence-corrected chi connectivity index (χ0v) is 22.0. The summed E-state index contributed by atoms with van der Waals surface area (Å²) in [5, 5.41) is 3.89. The van der Waals surface area contributed by atoms with Crippen LogP contribution in [0.15, 0.2) is 78.9 Å². The summed E-state index contributed by atoms with van der Waals surface area (Å²) in [6, 6.07) is 23.7. The molecule has 1 atom stereocenters. The summed E-state index contributed by atoms with van der Waals surface area (Å²) in [5.41, 5.74) is 1.58. The normalized spacial score (nSPS) is 11.5. The van der Waals surface area contributed by atoms with Gasteiger partial charge in [-0.05, 0) is 42.7 Å². The van der Waals surface area contributed by atoms with Crippen molar-refractivity contribution in [1.29, 1.82) is 0 Å². The second kappa shape index (κ2) is 14.5. The molecule has 0 unspecified atom stereocenters. The summed E-state index contributed by atoms with van der Waals surface area (Å²) in [5.74, 6) is 0.401. The monoisotopic (exact) mass is 526 g/mol. The van der Waals surface area contributed by atoms with E-state index in [-0.39, 0.29) is 24.8 Å². The fourth-order valence-electron chi connectivity index (χ4n) is 3.85. The summed E-state index contributed by atoms with van der Waals surface area (Å²) in [7, 11) is 0. The number of hydrogen-bond donors (Lipinski definition) is 1. The minimum atomic E-state index is -0.714. The lowest BCUT2D eigenvalue weighted by molar-refractivity contribution is -0.141. The van der Waals surface area contributed by atoms with E-state index in [0.717, 1.165) is 17.7 Å². The highest BCUT2D eigenvalue weighted by atomic mass is 35.5. The molecule has 0 saturated carbocycles. The van der Waals surface area contributed by atoms with Gasteiger partial charge in [-0.25, -0.2) is 0 Å². The van der Waals surface area contributed by atoms with Gasteiger partial charge in [-0.1, -0.05) is 84.7 Å². The highest BCUT2D eigenvalue weighted by Crippen LogP contribution is 2.27. The molecule has 5 nitrogen and oxygen atoms in total. The van der Waals surface area contributed by atoms with Crippen molar-refractivity contribution in [2.45, 2.75) is 45.2 Å². The van der Waals surface area contributed by atoms with Crippen molar-refractivity contribution in [2.75, 3.05) is 13.2 Å². The first-order valence-corrected chi connectivity index (χ1v) is 13.0. The molecule has 3 aromatic rings. The molecule has 2 amide bonds. The molecule has 0 radical (unpaired) electrons. The molecule has 3 rings (SSSR count). The lowest BCUT2D eigenvalue weighted by Gasteiger charge is -2.32. The Balaban J connectivity index is 1.83. The summed E-state index contributed by atoms with van der Waals surface area (Å²) in [6.07, 6.45) is 1.91. The van der Waals surface area contributed by atoms with E-state index in [1.807, 2.05) is 67.6 Å². The minimum absolute atomic E-state index is 0.133. The Bertz CT molecular complexity index is 1090. The number of amides is 2. The van der Waals surface area contributed by atoms with Crippen LogP contribution in [0.5, 0.6) is 5.75 Å². The highest BCUT2D eigenvalue weighted by Gasteiger charge is 2.31. The third-order valence-corrected chi connectivity index (χ3v) is 6.47. The van der Waals surface area contributed by atoms with E-state index in [2.05, 4.69) is 5.32 Å². The molecule has 36 heavy (non-hydrogen) atoms. The highest BCUT2D eigenvalue weighted by molar-refractivity contribution is 6.36. The maximum absolute atomic E-state index is 13.6. The molecule has 1 N–H and O–H groups in total. The third kappa shape index (κ3) is 8.28. The van der Waals surface area contributed by atoms with Crippen LogP contribution in [0.3, 0.4) is 0 Å². The van der Waals surface area contributed by atoms with E-state index in [1.165, 1.54) is 0 Å². The topological polar surface area (TPSA) is 58.6 Å². The zero-order valence-electron chi connectivity index (χ0n) is 20.5. The third-order valence-electron chi connectivity index (χ3n) is 5.76. The Morgan fingerprint density at radius 2 is 1.56 bits per heavy atom. The molecule has 0 spiro atoms. The van der Waals surface area contributed by atoms with E-state index < -0.39 is 6.04 Å². The second-order valence-electron chi connectivity index (χ2n) is 8.48. The molecule has 0 heterocycles. The van der Waals surface area contributed by atoms with E-state index in [4.69, 9.17) is 27.9 Å². The average molecular weight is 527 g/mol. The maximum Gasteiger partial charge on any atom is 0.243 e. The minimum Gasteiger partial charge on any atom is -0.494 e. The van der Waals surface area contributed by atoms with Crippen molar-refractivity contribution in [2.24, 2.45) is 0 Å². The lowest BCUT2D eigenvalue weighted by Crippen LogP contribution is -2.50. The van der Waals surface area contributed by atoms with Crippen molar-refractivity contribution in [3.63, 3.8) is 0 Å². The van der Waals surface area contributed by atoms with Crippen LogP contribution in [0.2, 0.25) is 10.0 Å². The molecule has 0 bridgehead atoms. The van der Waals surface area contributed by atoms with Gasteiger partial charge in [-0.2, -0.15) is 0 Å². The lowest BCUT2D eigenvalue weighted by atomic mass is 10.0. The molecule has 0 saturated heterocycles. The molecular formula is C29H32Cl2N2O3. The number of carbonyl (C=O) groups excluding carboxylic acids is 2. The number of ether oxygens (including phenoxy) is 1. The Labute approximate surface area is 223 Å². The van der Waals surface area contributed by atoms with Gasteiger partial charge >= 0.3 is 0 Å². The first kappa shape index (κ1) is 27.6. The Morgan fingerprint density at radius 3 is 2.19 bits per heavy atom. The molecule has 7 heteroatoms. The summed E-state index contributed by atoms with van der Waals surface area (Å²) >= 11 is 12.9. The van der Waals surface area contributed by atoms with E-state index in [0.29, 0.717) is 41.6 Å². The van der Waals surface area contributed by atoms with Gasteiger partial charge in [0.2, 0.25) is 11.8 Å². The van der Waals surface area contributed by atoms with Crippen LogP contribution in [0, 0.1) is 0 Å². The molecule has 0 aliphatic rings. The number of nitrogens with zero attached hydrogens (tertiary/aromatic N) is 1. The summed E-state index contributed by atoms with van der Waals surface area (Å²) < 4.78 is 5.76. The van der Waals surface area contributed by atoms with Crippen molar-refractivity contribution >= 4 is 35.0 Å². The molecule has 0 aromatic heterocycles. The van der Waals surface area contributed by atoms with Crippen LogP contribution in [-0.2, 0) is 22.6 Å². The van der Waals surface area contributed by atoms with Crippen LogP contribution in [0.25, 0.3) is 0 Å². The largest absolute Gasteiger partial charge is 0.494 e. The first-order chi connectivity index (χ1) is 17.5. The van der Waals surface area contributed by atoms with Crippen LogP contribution in [0.1, 0.15) is 37.3 Å². The molecule has 3 aromatic carbocycles. The number of rotatable bonds is 13. The second-order valence-corrected chi connectivity index (χ2v) is 9.30. The van der Waals surface area contributed by atoms with Crippen molar-refractivity contribution in [1.82, 2.24) is 10.2 Å². The molecule has 190 valence electrons. The summed E-state index contributed by atoms with van der Waals surface area (Å²) in [4.78, 5) is 28.5. The van der Waals surface area contributed by atoms with Gasteiger partial charge in [0, 0.05) is 41.5 Å². The van der Waals surface area contributed by atoms with Crippen LogP contribution >= 0.6 is 23.2 Å². The molecule has 0 aliphatic heterocycles. The van der Waals surface area contributed by atoms with Gasteiger partial charge in [0.15, 0.2) is 0 Å². The smallest absolute Gasteiger partial charge is 0.243 e. The van der Waals surface area contributed by atoms with Gasteiger partial charge in [0.25, 0.3) is 0 Å². The van der Waals surface area contributed by atoms with E-state index >= 15 is 0 Å². The van der Waals surface area contributed by atoms with Crippen LogP contribution < -0.4 is 10.1 Å². The van der Waals surface area contributed by atoms with Crippen LogP contribution in [-0.4, -0.2) is 35.9 Å². The fourth-order valence-corrected chi connectivity index (χ4v) is 4.36. The van der Waals surface area contributed by atoms with Crippen molar-refractivity contribution in [3.8, 4) is 5.75 Å². The van der Waals surface area contributed by atoms with Gasteiger partial charge in [0.05, 0.1) is 6.61 Å².